The molecule has 0 amide bonds. The Labute approximate surface area is 107 Å². The second-order valence-corrected chi connectivity index (χ2v) is 5.06. The lowest BCUT2D eigenvalue weighted by Gasteiger charge is -2.09. The highest BCUT2D eigenvalue weighted by Gasteiger charge is 2.09. The van der Waals surface area contributed by atoms with Crippen LogP contribution in [-0.4, -0.2) is 0 Å². The van der Waals surface area contributed by atoms with Crippen molar-refractivity contribution in [3.63, 3.8) is 0 Å². The molecule has 1 heterocycles. The van der Waals surface area contributed by atoms with Crippen molar-refractivity contribution >= 4 is 38.7 Å². The summed E-state index contributed by atoms with van der Waals surface area (Å²) in [6.07, 6.45) is 2.49. The molecule has 17 heavy (non-hydrogen) atoms. The fourth-order valence-corrected chi connectivity index (χ4v) is 2.85. The van der Waals surface area contributed by atoms with Gasteiger partial charge < -0.3 is 4.42 Å². The van der Waals surface area contributed by atoms with Crippen molar-refractivity contribution in [3.05, 3.63) is 45.3 Å². The highest BCUT2D eigenvalue weighted by molar-refractivity contribution is 7.16. The molecular weight excluding hydrogens is 269 g/mol. The van der Waals surface area contributed by atoms with Crippen molar-refractivity contribution in [3.8, 4) is 0 Å². The molecule has 5 heteroatoms. The number of benzene rings is 1. The minimum atomic E-state index is -0.273. The zero-order valence-electron chi connectivity index (χ0n) is 9.40. The van der Waals surface area contributed by atoms with Crippen molar-refractivity contribution in [2.75, 3.05) is 0 Å². The van der Waals surface area contributed by atoms with Crippen molar-refractivity contribution in [2.45, 2.75) is 18.5 Å². The van der Waals surface area contributed by atoms with E-state index in [4.69, 9.17) is 4.42 Å². The van der Waals surface area contributed by atoms with E-state index in [1.165, 1.54) is 11.1 Å². The van der Waals surface area contributed by atoms with Crippen LogP contribution in [0.1, 0.15) is 16.7 Å². The average molecular weight is 284 g/mol. The standard InChI is InChI=1S/C12H15O2P3/c13-11-3-9(6-17)12-8(5-16)1-7(4-15)2-10(12)14-11/h1-3H,4-6,15-17H2. The highest BCUT2D eigenvalue weighted by atomic mass is 31.0. The van der Waals surface area contributed by atoms with E-state index in [0.29, 0.717) is 5.58 Å². The maximum Gasteiger partial charge on any atom is 0.336 e. The van der Waals surface area contributed by atoms with Gasteiger partial charge in [0.1, 0.15) is 5.58 Å². The maximum absolute atomic E-state index is 11.5. The van der Waals surface area contributed by atoms with E-state index in [0.717, 1.165) is 29.4 Å². The van der Waals surface area contributed by atoms with Crippen LogP contribution in [-0.2, 0) is 18.5 Å². The molecule has 0 aliphatic heterocycles. The summed E-state index contributed by atoms with van der Waals surface area (Å²) >= 11 is 0. The Hall–Kier alpha value is -0.280. The fourth-order valence-electron chi connectivity index (χ4n) is 1.97. The van der Waals surface area contributed by atoms with E-state index in [-0.39, 0.29) is 5.63 Å². The Morgan fingerprint density at radius 2 is 1.59 bits per heavy atom. The van der Waals surface area contributed by atoms with Gasteiger partial charge in [-0.1, -0.05) is 6.07 Å². The molecular formula is C12H15O2P3. The van der Waals surface area contributed by atoms with Crippen LogP contribution in [0.25, 0.3) is 11.0 Å². The molecule has 0 saturated carbocycles. The summed E-state index contributed by atoms with van der Waals surface area (Å²) in [7, 11) is 8.09. The predicted molar refractivity (Wildman–Crippen MR) is 82.7 cm³/mol. The first kappa shape index (κ1) is 13.2. The van der Waals surface area contributed by atoms with Crippen molar-refractivity contribution < 1.29 is 4.42 Å². The predicted octanol–water partition coefficient (Wildman–Crippen LogP) is 2.92. The van der Waals surface area contributed by atoms with E-state index in [1.54, 1.807) is 6.07 Å². The lowest BCUT2D eigenvalue weighted by Crippen LogP contribution is -2.01. The van der Waals surface area contributed by atoms with Crippen LogP contribution >= 0.6 is 27.7 Å². The van der Waals surface area contributed by atoms with Gasteiger partial charge in [-0.2, -0.15) is 0 Å². The molecule has 90 valence electrons. The largest absolute Gasteiger partial charge is 0.423 e. The van der Waals surface area contributed by atoms with E-state index < -0.39 is 0 Å². The van der Waals surface area contributed by atoms with Gasteiger partial charge in [0, 0.05) is 11.5 Å². The molecule has 3 unspecified atom stereocenters. The van der Waals surface area contributed by atoms with Gasteiger partial charge in [0.05, 0.1) is 0 Å². The van der Waals surface area contributed by atoms with Gasteiger partial charge in [0.15, 0.2) is 0 Å². The summed E-state index contributed by atoms with van der Waals surface area (Å²) in [5, 5.41) is 1.08. The van der Waals surface area contributed by atoms with Crippen molar-refractivity contribution in [1.82, 2.24) is 0 Å². The van der Waals surface area contributed by atoms with E-state index in [2.05, 4.69) is 33.8 Å². The van der Waals surface area contributed by atoms with Gasteiger partial charge in [0.25, 0.3) is 0 Å². The van der Waals surface area contributed by atoms with E-state index >= 15 is 0 Å². The monoisotopic (exact) mass is 284 g/mol. The van der Waals surface area contributed by atoms with Crippen molar-refractivity contribution in [2.24, 2.45) is 0 Å². The Kier molecular flexibility index (Phi) is 4.31. The molecule has 0 aliphatic carbocycles. The van der Waals surface area contributed by atoms with Crippen LogP contribution in [0.2, 0.25) is 0 Å². The number of hydrogen-bond donors (Lipinski definition) is 0. The van der Waals surface area contributed by atoms with Crippen LogP contribution in [0, 0.1) is 0 Å². The third-order valence-electron chi connectivity index (χ3n) is 2.74. The molecule has 1 aromatic heterocycles. The molecule has 2 nitrogen and oxygen atoms in total. The molecule has 0 N–H and O–H groups in total. The SMILES string of the molecule is O=c1cc(CP)c2c(CP)cc(CP)cc2o1. The van der Waals surface area contributed by atoms with Crippen LogP contribution in [0.5, 0.6) is 0 Å². The molecule has 0 bridgehead atoms. The maximum atomic E-state index is 11.5. The zero-order chi connectivity index (χ0) is 12.4. The summed E-state index contributed by atoms with van der Waals surface area (Å²) in [5.41, 5.74) is 3.85. The molecule has 0 aliphatic rings. The van der Waals surface area contributed by atoms with Gasteiger partial charge in [0.2, 0.25) is 0 Å². The minimum Gasteiger partial charge on any atom is -0.423 e. The van der Waals surface area contributed by atoms with Gasteiger partial charge in [-0.05, 0) is 41.2 Å². The Morgan fingerprint density at radius 3 is 2.18 bits per heavy atom. The van der Waals surface area contributed by atoms with E-state index in [1.807, 2.05) is 6.07 Å². The Morgan fingerprint density at radius 1 is 0.941 bits per heavy atom. The third-order valence-corrected chi connectivity index (χ3v) is 4.09. The van der Waals surface area contributed by atoms with Gasteiger partial charge in [-0.15, -0.1) is 27.7 Å². The first-order valence-electron chi connectivity index (χ1n) is 5.38. The molecule has 0 saturated heterocycles. The average Bonchev–Trinajstić information content (AvgIpc) is 2.35. The first-order valence-corrected chi connectivity index (χ1v) is 7.83. The van der Waals surface area contributed by atoms with Crippen molar-refractivity contribution in [1.29, 1.82) is 0 Å². The van der Waals surface area contributed by atoms with Crippen LogP contribution < -0.4 is 5.63 Å². The molecule has 3 atom stereocenters. The lowest BCUT2D eigenvalue weighted by atomic mass is 10.0. The summed E-state index contributed by atoms with van der Waals surface area (Å²) in [5.74, 6) is 0. The molecule has 0 radical (unpaired) electrons. The first-order chi connectivity index (χ1) is 8.19. The van der Waals surface area contributed by atoms with Gasteiger partial charge in [-0.25, -0.2) is 4.79 Å². The number of fused-ring (bicyclic) bond motifs is 1. The van der Waals surface area contributed by atoms with Crippen LogP contribution in [0.15, 0.2) is 27.4 Å². The topological polar surface area (TPSA) is 30.2 Å². The smallest absolute Gasteiger partial charge is 0.336 e. The summed E-state index contributed by atoms with van der Waals surface area (Å²) in [6.45, 7) is 0. The highest BCUT2D eigenvalue weighted by Crippen LogP contribution is 2.27. The molecule has 2 aromatic rings. The number of rotatable bonds is 3. The molecule has 2 rings (SSSR count). The fraction of sp³-hybridized carbons (Fsp3) is 0.250. The Bertz CT molecular complexity index is 604. The van der Waals surface area contributed by atoms with E-state index in [9.17, 15) is 4.79 Å². The second kappa shape index (κ2) is 5.57. The normalized spacial score (nSPS) is 11.0. The van der Waals surface area contributed by atoms with Gasteiger partial charge >= 0.3 is 5.63 Å². The second-order valence-electron chi connectivity index (χ2n) is 3.83. The molecule has 0 fully saturated rings. The quantitative estimate of drug-likeness (QED) is 0.641. The van der Waals surface area contributed by atoms with Crippen LogP contribution in [0.3, 0.4) is 0 Å². The summed E-state index contributed by atoms with van der Waals surface area (Å²) < 4.78 is 5.31. The molecule has 0 spiro atoms. The Balaban J connectivity index is 2.88. The summed E-state index contributed by atoms with van der Waals surface area (Å²) in [6, 6.07) is 5.71. The lowest BCUT2D eigenvalue weighted by molar-refractivity contribution is 0.559. The van der Waals surface area contributed by atoms with Gasteiger partial charge in [-0.3, -0.25) is 0 Å². The minimum absolute atomic E-state index is 0.273. The summed E-state index contributed by atoms with van der Waals surface area (Å²) in [4.78, 5) is 11.5. The molecule has 1 aromatic carbocycles. The third kappa shape index (κ3) is 2.60. The number of hydrogen-bond acceptors (Lipinski definition) is 2. The zero-order valence-corrected chi connectivity index (χ0v) is 12.9. The van der Waals surface area contributed by atoms with Crippen LogP contribution in [0.4, 0.5) is 0 Å².